The molecule has 20 heavy (non-hydrogen) atoms. The number of nitrogens with zero attached hydrogens (tertiary/aromatic N) is 1. The van der Waals surface area contributed by atoms with Crippen molar-refractivity contribution in [3.63, 3.8) is 0 Å². The molecule has 4 heteroatoms. The van der Waals surface area contributed by atoms with Crippen LogP contribution in [0.15, 0.2) is 36.4 Å². The Hall–Kier alpha value is -1.84. The Morgan fingerprint density at radius 3 is 2.65 bits per heavy atom. The van der Waals surface area contributed by atoms with Gasteiger partial charge in [-0.2, -0.15) is 0 Å². The lowest BCUT2D eigenvalue weighted by Gasteiger charge is -2.16. The highest BCUT2D eigenvalue weighted by Gasteiger charge is 2.06. The van der Waals surface area contributed by atoms with Crippen LogP contribution in [-0.2, 0) is 0 Å². The van der Waals surface area contributed by atoms with Gasteiger partial charge in [-0.3, -0.25) is 0 Å². The van der Waals surface area contributed by atoms with Gasteiger partial charge in [-0.15, -0.1) is 0 Å². The number of anilines is 1. The molecule has 0 radical (unpaired) electrons. The molecule has 104 valence electrons. The van der Waals surface area contributed by atoms with Crippen molar-refractivity contribution in [3.05, 3.63) is 63.9 Å². The maximum Gasteiger partial charge on any atom is 0.123 e. The van der Waals surface area contributed by atoms with E-state index >= 15 is 0 Å². The molecule has 2 N–H and O–H groups in total. The summed E-state index contributed by atoms with van der Waals surface area (Å²) in [6.45, 7) is 1.93. The molecule has 0 fully saturated rings. The first-order valence-corrected chi connectivity index (χ1v) is 6.58. The van der Waals surface area contributed by atoms with Gasteiger partial charge < -0.3 is 5.01 Å². The smallest absolute Gasteiger partial charge is 0.123 e. The van der Waals surface area contributed by atoms with Crippen molar-refractivity contribution >= 4 is 29.4 Å². The van der Waals surface area contributed by atoms with E-state index in [1.54, 1.807) is 19.2 Å². The summed E-state index contributed by atoms with van der Waals surface area (Å²) >= 11 is 6.20. The molecule has 0 saturated carbocycles. The molecule has 0 aliphatic rings. The van der Waals surface area contributed by atoms with Crippen molar-refractivity contribution in [1.82, 2.24) is 0 Å². The SMILES string of the molecule is Cc1ccc(F)cc1/C=C/c1c(Cl)cccc1N(C)N. The number of rotatable bonds is 3. The lowest BCUT2D eigenvalue weighted by atomic mass is 10.1. The maximum absolute atomic E-state index is 13.3. The number of aryl methyl sites for hydroxylation is 1. The van der Waals surface area contributed by atoms with Crippen LogP contribution >= 0.6 is 11.6 Å². The van der Waals surface area contributed by atoms with Crippen LogP contribution < -0.4 is 10.9 Å². The monoisotopic (exact) mass is 290 g/mol. The molecule has 2 nitrogen and oxygen atoms in total. The molecule has 2 aromatic carbocycles. The zero-order chi connectivity index (χ0) is 14.7. The minimum absolute atomic E-state index is 0.259. The highest BCUT2D eigenvalue weighted by molar-refractivity contribution is 6.32. The Morgan fingerprint density at radius 1 is 1.20 bits per heavy atom. The minimum atomic E-state index is -0.259. The number of halogens is 2. The second-order valence-electron chi connectivity index (χ2n) is 4.62. The second kappa shape index (κ2) is 6.07. The van der Waals surface area contributed by atoms with Crippen LogP contribution in [0.3, 0.4) is 0 Å². The van der Waals surface area contributed by atoms with E-state index in [1.807, 2.05) is 31.2 Å². The molecule has 0 spiro atoms. The highest BCUT2D eigenvalue weighted by atomic mass is 35.5. The van der Waals surface area contributed by atoms with E-state index < -0.39 is 0 Å². The van der Waals surface area contributed by atoms with E-state index in [0.717, 1.165) is 22.4 Å². The Bertz CT molecular complexity index is 651. The van der Waals surface area contributed by atoms with Gasteiger partial charge in [0.1, 0.15) is 5.82 Å². The van der Waals surface area contributed by atoms with E-state index in [1.165, 1.54) is 17.1 Å². The summed E-state index contributed by atoms with van der Waals surface area (Å²) in [5.41, 5.74) is 3.43. The lowest BCUT2D eigenvalue weighted by molar-refractivity contribution is 0.627. The first-order valence-electron chi connectivity index (χ1n) is 6.20. The molecule has 0 amide bonds. The molecule has 0 unspecified atom stereocenters. The maximum atomic E-state index is 13.3. The summed E-state index contributed by atoms with van der Waals surface area (Å²) in [5.74, 6) is 5.53. The Labute approximate surface area is 123 Å². The van der Waals surface area contributed by atoms with Crippen molar-refractivity contribution < 1.29 is 4.39 Å². The molecular weight excluding hydrogens is 275 g/mol. The predicted octanol–water partition coefficient (Wildman–Crippen LogP) is 4.27. The molecule has 0 aliphatic heterocycles. The van der Waals surface area contributed by atoms with Gasteiger partial charge in [-0.1, -0.05) is 35.9 Å². The Balaban J connectivity index is 2.44. The first-order chi connectivity index (χ1) is 9.49. The van der Waals surface area contributed by atoms with Gasteiger partial charge in [0, 0.05) is 17.6 Å². The largest absolute Gasteiger partial charge is 0.313 e. The van der Waals surface area contributed by atoms with Gasteiger partial charge in [0.25, 0.3) is 0 Å². The summed E-state index contributed by atoms with van der Waals surface area (Å²) in [6, 6.07) is 10.2. The predicted molar refractivity (Wildman–Crippen MR) is 84.1 cm³/mol. The Morgan fingerprint density at radius 2 is 1.95 bits per heavy atom. The first kappa shape index (κ1) is 14.6. The molecule has 0 heterocycles. The van der Waals surface area contributed by atoms with E-state index in [9.17, 15) is 4.39 Å². The molecule has 0 atom stereocenters. The summed E-state index contributed by atoms with van der Waals surface area (Å²) < 4.78 is 13.3. The fourth-order valence-corrected chi connectivity index (χ4v) is 2.19. The van der Waals surface area contributed by atoms with Crippen molar-refractivity contribution in [3.8, 4) is 0 Å². The quantitative estimate of drug-likeness (QED) is 0.520. The van der Waals surface area contributed by atoms with Gasteiger partial charge in [0.05, 0.1) is 5.69 Å². The van der Waals surface area contributed by atoms with E-state index in [2.05, 4.69) is 0 Å². The lowest BCUT2D eigenvalue weighted by Crippen LogP contribution is -2.25. The van der Waals surface area contributed by atoms with Gasteiger partial charge in [-0.25, -0.2) is 10.2 Å². The summed E-state index contributed by atoms with van der Waals surface area (Å²) in [6.07, 6.45) is 3.69. The number of hydrazine groups is 1. The van der Waals surface area contributed by atoms with Gasteiger partial charge in [0.2, 0.25) is 0 Å². The van der Waals surface area contributed by atoms with Crippen LogP contribution in [0.1, 0.15) is 16.7 Å². The normalized spacial score (nSPS) is 11.1. The molecule has 0 aliphatic carbocycles. The van der Waals surface area contributed by atoms with Crippen molar-refractivity contribution in [2.45, 2.75) is 6.92 Å². The number of benzene rings is 2. The third-order valence-electron chi connectivity index (χ3n) is 3.08. The van der Waals surface area contributed by atoms with Crippen molar-refractivity contribution in [1.29, 1.82) is 0 Å². The van der Waals surface area contributed by atoms with E-state index in [-0.39, 0.29) is 5.82 Å². The zero-order valence-corrected chi connectivity index (χ0v) is 12.2. The molecular formula is C16H16ClFN2. The topological polar surface area (TPSA) is 29.3 Å². The second-order valence-corrected chi connectivity index (χ2v) is 5.02. The van der Waals surface area contributed by atoms with Crippen LogP contribution in [0.25, 0.3) is 12.2 Å². The third-order valence-corrected chi connectivity index (χ3v) is 3.41. The van der Waals surface area contributed by atoms with Gasteiger partial charge in [0.15, 0.2) is 0 Å². The third kappa shape index (κ3) is 3.18. The zero-order valence-electron chi connectivity index (χ0n) is 11.4. The molecule has 0 saturated heterocycles. The van der Waals surface area contributed by atoms with Gasteiger partial charge >= 0.3 is 0 Å². The van der Waals surface area contributed by atoms with Crippen LogP contribution in [-0.4, -0.2) is 7.05 Å². The fourth-order valence-electron chi connectivity index (χ4n) is 1.96. The minimum Gasteiger partial charge on any atom is -0.313 e. The van der Waals surface area contributed by atoms with Crippen LogP contribution in [0.4, 0.5) is 10.1 Å². The van der Waals surface area contributed by atoms with Gasteiger partial charge in [-0.05, 0) is 42.3 Å². The summed E-state index contributed by atoms with van der Waals surface area (Å²) in [7, 11) is 1.75. The number of hydrogen-bond donors (Lipinski definition) is 1. The van der Waals surface area contributed by atoms with Crippen molar-refractivity contribution in [2.24, 2.45) is 5.84 Å². The van der Waals surface area contributed by atoms with Crippen LogP contribution in [0.5, 0.6) is 0 Å². The molecule has 2 aromatic rings. The fraction of sp³-hybridized carbons (Fsp3) is 0.125. The van der Waals surface area contributed by atoms with Crippen LogP contribution in [0.2, 0.25) is 5.02 Å². The summed E-state index contributed by atoms with van der Waals surface area (Å²) in [4.78, 5) is 0. The highest BCUT2D eigenvalue weighted by Crippen LogP contribution is 2.28. The molecule has 2 rings (SSSR count). The van der Waals surface area contributed by atoms with E-state index in [0.29, 0.717) is 5.02 Å². The number of hydrogen-bond acceptors (Lipinski definition) is 2. The van der Waals surface area contributed by atoms with Crippen LogP contribution in [0, 0.1) is 12.7 Å². The molecule has 0 aromatic heterocycles. The van der Waals surface area contributed by atoms with E-state index in [4.69, 9.17) is 17.4 Å². The van der Waals surface area contributed by atoms with Crippen molar-refractivity contribution in [2.75, 3.05) is 12.1 Å². The standard InChI is InChI=1S/C16H16ClFN2/c1-11-6-8-13(18)10-12(11)7-9-14-15(17)4-3-5-16(14)20(2)19/h3-10H,19H2,1-2H3/b9-7+. The summed E-state index contributed by atoms with van der Waals surface area (Å²) in [5, 5.41) is 2.11. The molecule has 0 bridgehead atoms. The average Bonchev–Trinajstić information content (AvgIpc) is 2.40. The Kier molecular flexibility index (Phi) is 4.42. The average molecular weight is 291 g/mol. The number of nitrogens with two attached hydrogens (primary N) is 1.